The van der Waals surface area contributed by atoms with E-state index in [1.807, 2.05) is 0 Å². The molecule has 1 aromatic heterocycles. The number of nitrogens with zero attached hydrogens (tertiary/aromatic N) is 2. The second kappa shape index (κ2) is 5.68. The maximum atomic E-state index is 11.9. The van der Waals surface area contributed by atoms with Crippen LogP contribution < -0.4 is 11.1 Å². The van der Waals surface area contributed by atoms with Crippen LogP contribution in [0.5, 0.6) is 0 Å². The summed E-state index contributed by atoms with van der Waals surface area (Å²) in [6, 6.07) is 3.23. The number of amides is 1. The molecule has 0 spiro atoms. The molecule has 0 unspecified atom stereocenters. The molecular weight excluding hydrogens is 296 g/mol. The summed E-state index contributed by atoms with van der Waals surface area (Å²) in [5.74, 6) is -0.630. The Balaban J connectivity index is 2.17. The zero-order chi connectivity index (χ0) is 16.6. The third-order valence-electron chi connectivity index (χ3n) is 3.53. The molecule has 23 heavy (non-hydrogen) atoms. The van der Waals surface area contributed by atoms with E-state index >= 15 is 0 Å². The Morgan fingerprint density at radius 1 is 1.30 bits per heavy atom. The number of carbonyl (C=O) groups excluding carboxylic acids is 2. The molecule has 3 rings (SSSR count). The number of carbonyl (C=O) groups is 2. The molecule has 1 aliphatic heterocycles. The molecule has 3 N–H and O–H groups in total. The molecule has 1 amide bonds. The normalized spacial score (nSPS) is 11.7. The van der Waals surface area contributed by atoms with E-state index in [1.54, 1.807) is 32.2 Å². The first-order chi connectivity index (χ1) is 11.0. The van der Waals surface area contributed by atoms with Gasteiger partial charge in [0.15, 0.2) is 0 Å². The van der Waals surface area contributed by atoms with Crippen molar-refractivity contribution in [3.05, 3.63) is 23.4 Å². The zero-order valence-corrected chi connectivity index (χ0v) is 12.8. The van der Waals surface area contributed by atoms with Crippen molar-refractivity contribution < 1.29 is 14.3 Å². The van der Waals surface area contributed by atoms with Crippen molar-refractivity contribution in [1.82, 2.24) is 4.98 Å². The molecule has 7 nitrogen and oxygen atoms in total. The number of benzene rings is 1. The van der Waals surface area contributed by atoms with E-state index in [1.165, 1.54) is 0 Å². The molecule has 0 aliphatic carbocycles. The average Bonchev–Trinajstić information content (AvgIpc) is 2.96. The molecule has 0 atom stereocenters. The van der Waals surface area contributed by atoms with Crippen molar-refractivity contribution >= 4 is 46.1 Å². The van der Waals surface area contributed by atoms with Gasteiger partial charge in [0.05, 0.1) is 29.2 Å². The van der Waals surface area contributed by atoms with Gasteiger partial charge < -0.3 is 15.8 Å². The van der Waals surface area contributed by atoms with E-state index in [2.05, 4.69) is 15.3 Å². The van der Waals surface area contributed by atoms with Gasteiger partial charge >= 0.3 is 5.97 Å². The van der Waals surface area contributed by atoms with Crippen LogP contribution in [0.3, 0.4) is 0 Å². The van der Waals surface area contributed by atoms with Gasteiger partial charge in [-0.05, 0) is 19.1 Å². The molecule has 0 saturated heterocycles. The highest BCUT2D eigenvalue weighted by atomic mass is 16.5. The van der Waals surface area contributed by atoms with Crippen LogP contribution in [0.4, 0.5) is 17.1 Å². The third kappa shape index (κ3) is 2.50. The third-order valence-corrected chi connectivity index (χ3v) is 3.53. The summed E-state index contributed by atoms with van der Waals surface area (Å²) in [4.78, 5) is 32.2. The predicted molar refractivity (Wildman–Crippen MR) is 88.3 cm³/mol. The number of aliphatic imine (C=N–C) groups is 1. The van der Waals surface area contributed by atoms with Crippen LogP contribution in [0.1, 0.15) is 36.3 Å². The van der Waals surface area contributed by atoms with Crippen LogP contribution in [0.25, 0.3) is 10.9 Å². The monoisotopic (exact) mass is 312 g/mol. The molecule has 0 saturated carbocycles. The Hall–Kier alpha value is -2.96. The lowest BCUT2D eigenvalue weighted by Crippen LogP contribution is -2.11. The van der Waals surface area contributed by atoms with E-state index < -0.39 is 5.97 Å². The van der Waals surface area contributed by atoms with Crippen LogP contribution in [-0.2, 0) is 9.53 Å². The largest absolute Gasteiger partial charge is 0.461 e. The number of anilines is 2. The quantitative estimate of drug-likeness (QED) is 0.568. The number of hydrogen-bond acceptors (Lipinski definition) is 6. The maximum Gasteiger partial charge on any atom is 0.356 e. The molecule has 2 aromatic rings. The van der Waals surface area contributed by atoms with Gasteiger partial charge in [-0.25, -0.2) is 9.78 Å². The molecule has 0 bridgehead atoms. The Labute approximate surface area is 132 Å². The molecule has 1 aliphatic rings. The van der Waals surface area contributed by atoms with E-state index in [0.717, 1.165) is 10.9 Å². The first-order valence-corrected chi connectivity index (χ1v) is 7.33. The highest BCUT2D eigenvalue weighted by molar-refractivity contribution is 6.18. The van der Waals surface area contributed by atoms with Gasteiger partial charge in [-0.3, -0.25) is 9.79 Å². The van der Waals surface area contributed by atoms with E-state index in [4.69, 9.17) is 10.5 Å². The van der Waals surface area contributed by atoms with Crippen molar-refractivity contribution in [2.24, 2.45) is 4.99 Å². The lowest BCUT2D eigenvalue weighted by atomic mass is 10.1. The predicted octanol–water partition coefficient (Wildman–Crippen LogP) is 2.41. The second-order valence-corrected chi connectivity index (χ2v) is 5.06. The molecular formula is C16H16N4O3. The number of aromatic nitrogens is 1. The number of esters is 1. The highest BCUT2D eigenvalue weighted by Crippen LogP contribution is 2.42. The lowest BCUT2D eigenvalue weighted by molar-refractivity contribution is -0.115. The van der Waals surface area contributed by atoms with Crippen molar-refractivity contribution in [1.29, 1.82) is 0 Å². The van der Waals surface area contributed by atoms with E-state index in [0.29, 0.717) is 29.0 Å². The SMILES string of the molecule is CCOC(=O)c1cc2c3c(c(NC(=O)CC)cc(N)c3n1)N=C2. The van der Waals surface area contributed by atoms with Crippen molar-refractivity contribution in [2.75, 3.05) is 17.7 Å². The Morgan fingerprint density at radius 2 is 2.09 bits per heavy atom. The average molecular weight is 312 g/mol. The van der Waals surface area contributed by atoms with E-state index in [9.17, 15) is 9.59 Å². The van der Waals surface area contributed by atoms with Gasteiger partial charge in [0.25, 0.3) is 0 Å². The lowest BCUT2D eigenvalue weighted by Gasteiger charge is -2.11. The first kappa shape index (κ1) is 15.0. The van der Waals surface area contributed by atoms with Crippen LogP contribution in [0.15, 0.2) is 17.1 Å². The van der Waals surface area contributed by atoms with Crippen molar-refractivity contribution in [3.8, 4) is 0 Å². The number of hydrogen-bond donors (Lipinski definition) is 2. The van der Waals surface area contributed by atoms with Crippen LogP contribution >= 0.6 is 0 Å². The van der Waals surface area contributed by atoms with Crippen LogP contribution in [0.2, 0.25) is 0 Å². The first-order valence-electron chi connectivity index (χ1n) is 7.33. The fourth-order valence-corrected chi connectivity index (χ4v) is 2.46. The highest BCUT2D eigenvalue weighted by Gasteiger charge is 2.22. The van der Waals surface area contributed by atoms with Gasteiger partial charge in [0, 0.05) is 23.6 Å². The summed E-state index contributed by atoms with van der Waals surface area (Å²) in [7, 11) is 0. The summed E-state index contributed by atoms with van der Waals surface area (Å²) >= 11 is 0. The van der Waals surface area contributed by atoms with Gasteiger partial charge in [-0.1, -0.05) is 6.92 Å². The fourth-order valence-electron chi connectivity index (χ4n) is 2.46. The summed E-state index contributed by atoms with van der Waals surface area (Å²) < 4.78 is 4.98. The number of nitrogens with two attached hydrogens (primary N) is 1. The van der Waals surface area contributed by atoms with Gasteiger partial charge in [-0.15, -0.1) is 0 Å². The smallest absolute Gasteiger partial charge is 0.356 e. The molecule has 118 valence electrons. The van der Waals surface area contributed by atoms with Crippen LogP contribution in [-0.4, -0.2) is 29.7 Å². The summed E-state index contributed by atoms with van der Waals surface area (Å²) in [5.41, 5.74) is 8.97. The zero-order valence-electron chi connectivity index (χ0n) is 12.8. The Bertz CT molecular complexity index is 858. The summed E-state index contributed by atoms with van der Waals surface area (Å²) in [5, 5.41) is 3.51. The minimum atomic E-state index is -0.504. The molecule has 0 radical (unpaired) electrons. The van der Waals surface area contributed by atoms with Gasteiger partial charge in [0.1, 0.15) is 5.69 Å². The van der Waals surface area contributed by atoms with Crippen molar-refractivity contribution in [2.45, 2.75) is 20.3 Å². The molecule has 0 fully saturated rings. The number of nitrogens with one attached hydrogen (secondary N) is 1. The topological polar surface area (TPSA) is 107 Å². The minimum absolute atomic E-state index is 0.125. The molecule has 2 heterocycles. The van der Waals surface area contributed by atoms with E-state index in [-0.39, 0.29) is 18.2 Å². The van der Waals surface area contributed by atoms with Crippen LogP contribution in [0, 0.1) is 0 Å². The maximum absolute atomic E-state index is 11.9. The minimum Gasteiger partial charge on any atom is -0.461 e. The Morgan fingerprint density at radius 3 is 2.78 bits per heavy atom. The number of ether oxygens (including phenoxy) is 1. The summed E-state index contributed by atoms with van der Waals surface area (Å²) in [6.07, 6.45) is 1.98. The standard InChI is InChI=1S/C16H16N4O3/c1-3-12(21)19-10-6-9(17)14-13-8(7-18-15(10)13)5-11(20-14)16(22)23-4-2/h5-7H,3-4,17H2,1-2H3,(H,19,21). The summed E-state index contributed by atoms with van der Waals surface area (Å²) in [6.45, 7) is 3.76. The van der Waals surface area contributed by atoms with Gasteiger partial charge in [-0.2, -0.15) is 0 Å². The Kier molecular flexibility index (Phi) is 3.69. The molecule has 1 aromatic carbocycles. The fraction of sp³-hybridized carbons (Fsp3) is 0.250. The molecule has 7 heteroatoms. The second-order valence-electron chi connectivity index (χ2n) is 5.06. The number of nitrogen functional groups attached to an aromatic ring is 1. The number of rotatable bonds is 4. The van der Waals surface area contributed by atoms with Gasteiger partial charge in [0.2, 0.25) is 5.91 Å². The van der Waals surface area contributed by atoms with Crippen molar-refractivity contribution in [3.63, 3.8) is 0 Å². The number of pyridine rings is 1.